The highest BCUT2D eigenvalue weighted by Gasteiger charge is 2.31. The second kappa shape index (κ2) is 5.08. The highest BCUT2D eigenvalue weighted by atomic mass is 32.1. The summed E-state index contributed by atoms with van der Waals surface area (Å²) < 4.78 is 41.0. The highest BCUT2D eigenvalue weighted by Crippen LogP contribution is 2.33. The quantitative estimate of drug-likeness (QED) is 0.836. The van der Waals surface area contributed by atoms with Crippen molar-refractivity contribution in [2.45, 2.75) is 13.1 Å². The van der Waals surface area contributed by atoms with Crippen LogP contribution in [0.3, 0.4) is 0 Å². The van der Waals surface area contributed by atoms with Crippen LogP contribution in [-0.2, 0) is 6.18 Å². The number of halogens is 3. The second-order valence-corrected chi connectivity index (χ2v) is 4.70. The largest absolute Gasteiger partial charge is 0.416 e. The van der Waals surface area contributed by atoms with Crippen molar-refractivity contribution in [2.24, 2.45) is 0 Å². The number of hydrogen-bond acceptors (Lipinski definition) is 5. The molecule has 1 heterocycles. The number of nitrogens with one attached hydrogen (secondary N) is 1. The third kappa shape index (κ3) is 2.87. The first-order valence-electron chi connectivity index (χ1n) is 5.36. The number of aryl methyl sites for hydroxylation is 1. The number of benzene rings is 1. The number of nitrogen functional groups attached to an aromatic ring is 1. The third-order valence-corrected chi connectivity index (χ3v) is 3.31. The van der Waals surface area contributed by atoms with Crippen LogP contribution in [0.2, 0.25) is 0 Å². The Hall–Kier alpha value is -2.16. The maximum atomic E-state index is 12.5. The first-order valence-corrected chi connectivity index (χ1v) is 6.13. The molecule has 3 N–H and O–H groups in total. The van der Waals surface area contributed by atoms with Crippen molar-refractivity contribution in [3.63, 3.8) is 0 Å². The number of aromatic nitrogens is 2. The molecule has 1 amide bonds. The minimum atomic E-state index is -4.48. The van der Waals surface area contributed by atoms with Crippen LogP contribution in [0.25, 0.3) is 0 Å². The van der Waals surface area contributed by atoms with Crippen molar-refractivity contribution < 1.29 is 18.0 Å². The van der Waals surface area contributed by atoms with E-state index in [0.717, 1.165) is 29.7 Å². The molecule has 0 aliphatic heterocycles. The third-order valence-electron chi connectivity index (χ3n) is 2.48. The molecule has 0 atom stereocenters. The Labute approximate surface area is 115 Å². The molecular formula is C11H9F3N4OS. The normalized spacial score (nSPS) is 11.4. The topological polar surface area (TPSA) is 80.9 Å². The molecule has 20 heavy (non-hydrogen) atoms. The molecule has 0 aliphatic carbocycles. The van der Waals surface area contributed by atoms with Gasteiger partial charge in [-0.05, 0) is 36.7 Å². The first-order chi connectivity index (χ1) is 9.29. The number of rotatable bonds is 2. The van der Waals surface area contributed by atoms with Crippen molar-refractivity contribution in [3.8, 4) is 0 Å². The lowest BCUT2D eigenvalue weighted by Crippen LogP contribution is -2.14. The number of nitrogens with zero attached hydrogens (tertiary/aromatic N) is 2. The van der Waals surface area contributed by atoms with Gasteiger partial charge in [0.1, 0.15) is 4.88 Å². The summed E-state index contributed by atoms with van der Waals surface area (Å²) in [7, 11) is 0. The van der Waals surface area contributed by atoms with Crippen LogP contribution in [-0.4, -0.2) is 15.5 Å². The number of alkyl halides is 3. The first kappa shape index (κ1) is 14.3. The van der Waals surface area contributed by atoms with Gasteiger partial charge in [0.05, 0.1) is 22.6 Å². The summed E-state index contributed by atoms with van der Waals surface area (Å²) in [6.07, 6.45) is -4.48. The zero-order valence-corrected chi connectivity index (χ0v) is 11.0. The molecule has 0 saturated carbocycles. The molecule has 0 unspecified atom stereocenters. The fourth-order valence-corrected chi connectivity index (χ4v) is 2.02. The van der Waals surface area contributed by atoms with E-state index in [-0.39, 0.29) is 16.3 Å². The monoisotopic (exact) mass is 302 g/mol. The van der Waals surface area contributed by atoms with E-state index in [0.29, 0.717) is 5.69 Å². The molecule has 106 valence electrons. The molecule has 0 bridgehead atoms. The van der Waals surface area contributed by atoms with Crippen LogP contribution in [0.1, 0.15) is 20.9 Å². The molecule has 9 heteroatoms. The molecule has 1 aromatic carbocycles. The predicted octanol–water partition coefficient (Wildman–Crippen LogP) is 2.70. The van der Waals surface area contributed by atoms with Crippen LogP contribution < -0.4 is 11.1 Å². The Morgan fingerprint density at radius 2 is 2.10 bits per heavy atom. The van der Waals surface area contributed by atoms with Gasteiger partial charge < -0.3 is 11.1 Å². The maximum absolute atomic E-state index is 12.5. The Kier molecular flexibility index (Phi) is 3.62. The molecular weight excluding hydrogens is 293 g/mol. The van der Waals surface area contributed by atoms with Gasteiger partial charge >= 0.3 is 6.18 Å². The van der Waals surface area contributed by atoms with Crippen molar-refractivity contribution in [1.29, 1.82) is 0 Å². The van der Waals surface area contributed by atoms with E-state index >= 15 is 0 Å². The lowest BCUT2D eigenvalue weighted by atomic mass is 10.1. The van der Waals surface area contributed by atoms with Crippen LogP contribution in [0, 0.1) is 6.92 Å². The summed E-state index contributed by atoms with van der Waals surface area (Å²) >= 11 is 0.896. The van der Waals surface area contributed by atoms with Crippen molar-refractivity contribution in [1.82, 2.24) is 9.59 Å². The summed E-state index contributed by atoms with van der Waals surface area (Å²) in [6.45, 7) is 1.61. The van der Waals surface area contributed by atoms with Crippen LogP contribution in [0.4, 0.5) is 24.5 Å². The Morgan fingerprint density at radius 1 is 1.40 bits per heavy atom. The van der Waals surface area contributed by atoms with Gasteiger partial charge in [0.2, 0.25) is 0 Å². The van der Waals surface area contributed by atoms with Crippen molar-refractivity contribution in [3.05, 3.63) is 34.3 Å². The minimum Gasteiger partial charge on any atom is -0.397 e. The number of anilines is 2. The lowest BCUT2D eigenvalue weighted by molar-refractivity contribution is -0.137. The Morgan fingerprint density at radius 3 is 2.60 bits per heavy atom. The molecule has 0 fully saturated rings. The molecule has 2 rings (SSSR count). The molecule has 0 radical (unpaired) electrons. The van der Waals surface area contributed by atoms with Crippen LogP contribution in [0.5, 0.6) is 0 Å². The number of amides is 1. The lowest BCUT2D eigenvalue weighted by Gasteiger charge is -2.11. The van der Waals surface area contributed by atoms with Crippen LogP contribution in [0.15, 0.2) is 18.2 Å². The zero-order valence-electron chi connectivity index (χ0n) is 10.2. The summed E-state index contributed by atoms with van der Waals surface area (Å²) in [5.74, 6) is -0.510. The SMILES string of the molecule is Cc1nnsc1C(=O)Nc1ccc(C(F)(F)F)cc1N. The average molecular weight is 302 g/mol. The number of carbonyl (C=O) groups excluding carboxylic acids is 1. The summed E-state index contributed by atoms with van der Waals surface area (Å²) in [5, 5.41) is 6.11. The van der Waals surface area contributed by atoms with Gasteiger partial charge in [0, 0.05) is 0 Å². The molecule has 0 aliphatic rings. The van der Waals surface area contributed by atoms with Gasteiger partial charge in [0.25, 0.3) is 5.91 Å². The fourth-order valence-electron chi connectivity index (χ4n) is 1.47. The second-order valence-electron chi connectivity index (χ2n) is 3.94. The van der Waals surface area contributed by atoms with Gasteiger partial charge in [-0.2, -0.15) is 13.2 Å². The molecule has 0 spiro atoms. The summed E-state index contributed by atoms with van der Waals surface area (Å²) in [5.41, 5.74) is 5.03. The zero-order chi connectivity index (χ0) is 14.9. The van der Waals surface area contributed by atoms with E-state index < -0.39 is 17.6 Å². The van der Waals surface area contributed by atoms with E-state index in [1.807, 2.05) is 0 Å². The van der Waals surface area contributed by atoms with E-state index in [9.17, 15) is 18.0 Å². The number of hydrogen-bond donors (Lipinski definition) is 2. The Bertz CT molecular complexity index is 653. The predicted molar refractivity (Wildman–Crippen MR) is 68.5 cm³/mol. The van der Waals surface area contributed by atoms with E-state index in [1.165, 1.54) is 0 Å². The summed E-state index contributed by atoms with van der Waals surface area (Å²) in [4.78, 5) is 12.2. The van der Waals surface area contributed by atoms with Crippen LogP contribution >= 0.6 is 11.5 Å². The van der Waals surface area contributed by atoms with Crippen molar-refractivity contribution in [2.75, 3.05) is 11.1 Å². The van der Waals surface area contributed by atoms with Gasteiger partial charge in [-0.25, -0.2) is 0 Å². The van der Waals surface area contributed by atoms with Gasteiger partial charge in [-0.1, -0.05) is 4.49 Å². The Balaban J connectivity index is 2.23. The average Bonchev–Trinajstić information content (AvgIpc) is 2.76. The smallest absolute Gasteiger partial charge is 0.397 e. The van der Waals surface area contributed by atoms with E-state index in [2.05, 4.69) is 14.9 Å². The molecule has 2 aromatic rings. The molecule has 0 saturated heterocycles. The minimum absolute atomic E-state index is 0.107. The fraction of sp³-hybridized carbons (Fsp3) is 0.182. The summed E-state index contributed by atoms with van der Waals surface area (Å²) in [6, 6.07) is 2.73. The van der Waals surface area contributed by atoms with Gasteiger partial charge in [-0.15, -0.1) is 5.10 Å². The van der Waals surface area contributed by atoms with Gasteiger partial charge in [0.15, 0.2) is 0 Å². The van der Waals surface area contributed by atoms with Crippen molar-refractivity contribution >= 4 is 28.8 Å². The van der Waals surface area contributed by atoms with E-state index in [4.69, 9.17) is 5.73 Å². The highest BCUT2D eigenvalue weighted by molar-refractivity contribution is 7.08. The number of nitrogens with two attached hydrogens (primary N) is 1. The maximum Gasteiger partial charge on any atom is 0.416 e. The van der Waals surface area contributed by atoms with E-state index in [1.54, 1.807) is 6.92 Å². The molecule has 5 nitrogen and oxygen atoms in total. The molecule has 1 aromatic heterocycles. The standard InChI is InChI=1S/C11H9F3N4OS/c1-5-9(20-18-17-5)10(19)16-8-3-2-6(4-7(8)15)11(12,13)14/h2-4H,15H2,1H3,(H,16,19). The van der Waals surface area contributed by atoms with Gasteiger partial charge in [-0.3, -0.25) is 4.79 Å². The number of carbonyl (C=O) groups is 1.